The zero-order chi connectivity index (χ0) is 18.2. The van der Waals surface area contributed by atoms with Crippen LogP contribution in [0.15, 0.2) is 48.5 Å². The first-order valence-corrected chi connectivity index (χ1v) is 8.77. The van der Waals surface area contributed by atoms with Crippen LogP contribution in [-0.2, 0) is 4.79 Å². The van der Waals surface area contributed by atoms with Crippen LogP contribution in [0, 0.1) is 6.92 Å². The zero-order valence-corrected chi connectivity index (χ0v) is 15.5. The van der Waals surface area contributed by atoms with E-state index in [1.165, 1.54) is 5.56 Å². The lowest BCUT2D eigenvalue weighted by molar-refractivity contribution is -0.128. The average molecular weight is 362 g/mol. The SMILES string of the molecule is CCC(Oc1ccc(Cl)cc1)C(=O)NC(C)COc1ccc(C)cc1. The summed E-state index contributed by atoms with van der Waals surface area (Å²) < 4.78 is 11.4. The van der Waals surface area contributed by atoms with Gasteiger partial charge in [0, 0.05) is 5.02 Å². The number of benzene rings is 2. The first-order chi connectivity index (χ1) is 12.0. The maximum atomic E-state index is 12.4. The van der Waals surface area contributed by atoms with Gasteiger partial charge in [0.15, 0.2) is 6.10 Å². The highest BCUT2D eigenvalue weighted by molar-refractivity contribution is 6.30. The third-order valence-corrected chi connectivity index (χ3v) is 3.92. The number of ether oxygens (including phenoxy) is 2. The number of hydrogen-bond donors (Lipinski definition) is 1. The fourth-order valence-electron chi connectivity index (χ4n) is 2.23. The molecule has 0 aromatic heterocycles. The molecule has 0 saturated heterocycles. The van der Waals surface area contributed by atoms with E-state index in [0.29, 0.717) is 23.8 Å². The molecule has 0 spiro atoms. The Balaban J connectivity index is 1.83. The van der Waals surface area contributed by atoms with Crippen molar-refractivity contribution in [2.24, 2.45) is 0 Å². The summed E-state index contributed by atoms with van der Waals surface area (Å²) in [6.45, 7) is 6.24. The smallest absolute Gasteiger partial charge is 0.261 e. The summed E-state index contributed by atoms with van der Waals surface area (Å²) in [4.78, 5) is 12.4. The molecule has 0 aliphatic heterocycles. The molecule has 0 saturated carbocycles. The van der Waals surface area contributed by atoms with Gasteiger partial charge in [-0.3, -0.25) is 4.79 Å². The van der Waals surface area contributed by atoms with Crippen molar-refractivity contribution in [3.8, 4) is 11.5 Å². The second-order valence-electron chi connectivity index (χ2n) is 6.00. The van der Waals surface area contributed by atoms with Gasteiger partial charge in [-0.05, 0) is 56.7 Å². The van der Waals surface area contributed by atoms with Crippen molar-refractivity contribution >= 4 is 17.5 Å². The number of carbonyl (C=O) groups excluding carboxylic acids is 1. The van der Waals surface area contributed by atoms with E-state index in [1.807, 2.05) is 45.0 Å². The Morgan fingerprint density at radius 2 is 1.68 bits per heavy atom. The lowest BCUT2D eigenvalue weighted by Crippen LogP contribution is -2.44. The predicted molar refractivity (Wildman–Crippen MR) is 100 cm³/mol. The maximum Gasteiger partial charge on any atom is 0.261 e. The molecule has 1 N–H and O–H groups in total. The zero-order valence-electron chi connectivity index (χ0n) is 14.8. The number of rotatable bonds is 8. The highest BCUT2D eigenvalue weighted by atomic mass is 35.5. The minimum atomic E-state index is -0.553. The van der Waals surface area contributed by atoms with Gasteiger partial charge < -0.3 is 14.8 Å². The van der Waals surface area contributed by atoms with Crippen molar-refractivity contribution in [3.05, 3.63) is 59.1 Å². The van der Waals surface area contributed by atoms with Gasteiger partial charge in [0.2, 0.25) is 0 Å². The Kier molecular flexibility index (Phi) is 7.14. The van der Waals surface area contributed by atoms with Crippen LogP contribution in [0.4, 0.5) is 0 Å². The minimum absolute atomic E-state index is 0.128. The normalized spacial score (nSPS) is 13.0. The summed E-state index contributed by atoms with van der Waals surface area (Å²) in [5.74, 6) is 1.25. The van der Waals surface area contributed by atoms with Gasteiger partial charge in [0.1, 0.15) is 18.1 Å². The Labute approximate surface area is 154 Å². The van der Waals surface area contributed by atoms with Gasteiger partial charge in [-0.15, -0.1) is 0 Å². The van der Waals surface area contributed by atoms with Crippen molar-refractivity contribution < 1.29 is 14.3 Å². The van der Waals surface area contributed by atoms with Gasteiger partial charge in [-0.1, -0.05) is 36.2 Å². The fourth-order valence-corrected chi connectivity index (χ4v) is 2.36. The second kappa shape index (κ2) is 9.33. The molecule has 2 rings (SSSR count). The van der Waals surface area contributed by atoms with Crippen molar-refractivity contribution in [1.82, 2.24) is 5.32 Å². The Bertz CT molecular complexity index is 670. The molecule has 0 bridgehead atoms. The number of hydrogen-bond acceptors (Lipinski definition) is 3. The van der Waals surface area contributed by atoms with Crippen LogP contribution in [-0.4, -0.2) is 24.7 Å². The third kappa shape index (κ3) is 6.31. The lowest BCUT2D eigenvalue weighted by Gasteiger charge is -2.21. The second-order valence-corrected chi connectivity index (χ2v) is 6.44. The van der Waals surface area contributed by atoms with E-state index in [9.17, 15) is 4.79 Å². The van der Waals surface area contributed by atoms with Crippen LogP contribution < -0.4 is 14.8 Å². The number of aryl methyl sites for hydroxylation is 1. The molecule has 4 nitrogen and oxygen atoms in total. The fraction of sp³-hybridized carbons (Fsp3) is 0.350. The highest BCUT2D eigenvalue weighted by Gasteiger charge is 2.20. The molecule has 2 aromatic carbocycles. The van der Waals surface area contributed by atoms with Crippen molar-refractivity contribution in [2.45, 2.75) is 39.3 Å². The molecule has 2 unspecified atom stereocenters. The predicted octanol–water partition coefficient (Wildman–Crippen LogP) is 4.39. The molecule has 0 fully saturated rings. The summed E-state index contributed by atoms with van der Waals surface area (Å²) in [5, 5.41) is 3.56. The van der Waals surface area contributed by atoms with E-state index < -0.39 is 6.10 Å². The molecular weight excluding hydrogens is 338 g/mol. The Morgan fingerprint density at radius 3 is 2.28 bits per heavy atom. The Morgan fingerprint density at radius 1 is 1.08 bits per heavy atom. The molecule has 0 heterocycles. The van der Waals surface area contributed by atoms with Crippen molar-refractivity contribution in [1.29, 1.82) is 0 Å². The topological polar surface area (TPSA) is 47.6 Å². The first kappa shape index (κ1) is 19.1. The summed E-state index contributed by atoms with van der Waals surface area (Å²) in [7, 11) is 0. The summed E-state index contributed by atoms with van der Waals surface area (Å²) in [6, 6.07) is 14.7. The molecule has 0 aliphatic rings. The number of amides is 1. The van der Waals surface area contributed by atoms with Crippen molar-refractivity contribution in [3.63, 3.8) is 0 Å². The number of carbonyl (C=O) groups is 1. The van der Waals surface area contributed by atoms with Gasteiger partial charge in [0.25, 0.3) is 5.91 Å². The van der Waals surface area contributed by atoms with E-state index in [-0.39, 0.29) is 11.9 Å². The van der Waals surface area contributed by atoms with Crippen molar-refractivity contribution in [2.75, 3.05) is 6.61 Å². The van der Waals surface area contributed by atoms with Crippen LogP contribution in [0.5, 0.6) is 11.5 Å². The Hall–Kier alpha value is -2.20. The average Bonchev–Trinajstić information content (AvgIpc) is 2.60. The monoisotopic (exact) mass is 361 g/mol. The molecule has 0 aliphatic carbocycles. The van der Waals surface area contributed by atoms with Gasteiger partial charge in [0.05, 0.1) is 6.04 Å². The van der Waals surface area contributed by atoms with Gasteiger partial charge in [-0.25, -0.2) is 0 Å². The highest BCUT2D eigenvalue weighted by Crippen LogP contribution is 2.18. The van der Waals surface area contributed by atoms with Crippen LogP contribution in [0.2, 0.25) is 5.02 Å². The largest absolute Gasteiger partial charge is 0.491 e. The summed E-state index contributed by atoms with van der Waals surface area (Å²) in [6.07, 6.45) is 0.0167. The van der Waals surface area contributed by atoms with Crippen LogP contribution in [0.1, 0.15) is 25.8 Å². The van der Waals surface area contributed by atoms with Crippen LogP contribution in [0.3, 0.4) is 0 Å². The van der Waals surface area contributed by atoms with E-state index >= 15 is 0 Å². The molecule has 5 heteroatoms. The molecule has 134 valence electrons. The molecule has 2 atom stereocenters. The van der Waals surface area contributed by atoms with E-state index in [4.69, 9.17) is 21.1 Å². The number of halogens is 1. The maximum absolute atomic E-state index is 12.4. The van der Waals surface area contributed by atoms with Crippen LogP contribution >= 0.6 is 11.6 Å². The van der Waals surface area contributed by atoms with E-state index in [1.54, 1.807) is 24.3 Å². The summed E-state index contributed by atoms with van der Waals surface area (Å²) >= 11 is 5.86. The standard InChI is InChI=1S/C20H24ClNO3/c1-4-19(25-18-11-7-16(21)8-12-18)20(23)22-15(3)13-24-17-9-5-14(2)6-10-17/h5-12,15,19H,4,13H2,1-3H3,(H,22,23). The minimum Gasteiger partial charge on any atom is -0.491 e. The molecule has 2 aromatic rings. The number of nitrogens with one attached hydrogen (secondary N) is 1. The van der Waals surface area contributed by atoms with Gasteiger partial charge >= 0.3 is 0 Å². The quantitative estimate of drug-likeness (QED) is 0.758. The van der Waals surface area contributed by atoms with E-state index in [2.05, 4.69) is 5.32 Å². The first-order valence-electron chi connectivity index (χ1n) is 8.40. The van der Waals surface area contributed by atoms with Gasteiger partial charge in [-0.2, -0.15) is 0 Å². The molecule has 25 heavy (non-hydrogen) atoms. The van der Waals surface area contributed by atoms with Crippen LogP contribution in [0.25, 0.3) is 0 Å². The molecular formula is C20H24ClNO3. The van der Waals surface area contributed by atoms with E-state index in [0.717, 1.165) is 5.75 Å². The molecule has 1 amide bonds. The summed E-state index contributed by atoms with van der Waals surface area (Å²) in [5.41, 5.74) is 1.18. The lowest BCUT2D eigenvalue weighted by atomic mass is 10.2. The molecule has 0 radical (unpaired) electrons. The third-order valence-electron chi connectivity index (χ3n) is 3.66.